The summed E-state index contributed by atoms with van der Waals surface area (Å²) >= 11 is 5.87. The fourth-order valence-electron chi connectivity index (χ4n) is 2.58. The Balaban J connectivity index is 1.83. The minimum Gasteiger partial charge on any atom is -0.288 e. The Kier molecular flexibility index (Phi) is 5.69. The summed E-state index contributed by atoms with van der Waals surface area (Å²) in [6.07, 6.45) is -2.47. The maximum absolute atomic E-state index is 13.1. The number of carbonyl (C=O) groups is 1. The molecule has 0 radical (unpaired) electrons. The monoisotopic (exact) mass is 334 g/mol. The smallest absolute Gasteiger partial charge is 0.288 e. The molecule has 1 saturated heterocycles. The summed E-state index contributed by atoms with van der Waals surface area (Å²) in [6, 6.07) is 5.71. The van der Waals surface area contributed by atoms with Gasteiger partial charge in [0.25, 0.3) is 0 Å². The summed E-state index contributed by atoms with van der Waals surface area (Å²) in [5.74, 6) is -0.354. The molecule has 1 heterocycles. The SMILES string of the molecule is O=C1CCN([C@@H](CCCCc2cccc(Cl)c2)C(F)(F)F)N1. The Hall–Kier alpha value is -1.27. The highest BCUT2D eigenvalue weighted by Gasteiger charge is 2.45. The molecule has 0 aromatic heterocycles. The van der Waals surface area contributed by atoms with Crippen molar-refractivity contribution in [2.24, 2.45) is 0 Å². The van der Waals surface area contributed by atoms with Crippen LogP contribution in [0.3, 0.4) is 0 Å². The Labute approximate surface area is 132 Å². The standard InChI is InChI=1S/C15H18ClF3N2O/c16-12-6-3-5-11(10-12)4-1-2-7-13(15(17,18)19)21-9-8-14(22)20-21/h3,5-6,10,13H,1-2,4,7-9H2,(H,20,22)/t13-/m0/s1. The number of nitrogens with zero attached hydrogens (tertiary/aromatic N) is 1. The predicted octanol–water partition coefficient (Wildman–Crippen LogP) is 3.72. The van der Waals surface area contributed by atoms with Gasteiger partial charge in [-0.05, 0) is 37.0 Å². The van der Waals surface area contributed by atoms with E-state index in [1.165, 1.54) is 0 Å². The van der Waals surface area contributed by atoms with Crippen LogP contribution >= 0.6 is 11.6 Å². The zero-order valence-corrected chi connectivity index (χ0v) is 12.8. The molecule has 2 rings (SSSR count). The minimum absolute atomic E-state index is 0.0235. The van der Waals surface area contributed by atoms with Crippen LogP contribution in [0.15, 0.2) is 24.3 Å². The second-order valence-electron chi connectivity index (χ2n) is 5.41. The van der Waals surface area contributed by atoms with Crippen molar-refractivity contribution in [1.82, 2.24) is 10.4 Å². The first kappa shape index (κ1) is 17.1. The van der Waals surface area contributed by atoms with Crippen molar-refractivity contribution in [2.45, 2.75) is 44.3 Å². The number of amides is 1. The lowest BCUT2D eigenvalue weighted by Gasteiger charge is -2.28. The molecule has 7 heteroatoms. The molecular weight excluding hydrogens is 317 g/mol. The molecule has 0 unspecified atom stereocenters. The minimum atomic E-state index is -4.34. The van der Waals surface area contributed by atoms with E-state index in [-0.39, 0.29) is 25.3 Å². The average Bonchev–Trinajstić information content (AvgIpc) is 2.83. The Morgan fingerprint density at radius 2 is 2.09 bits per heavy atom. The number of nitrogens with one attached hydrogen (secondary N) is 1. The van der Waals surface area contributed by atoms with Gasteiger partial charge < -0.3 is 0 Å². The van der Waals surface area contributed by atoms with Crippen molar-refractivity contribution in [1.29, 1.82) is 0 Å². The fourth-order valence-corrected chi connectivity index (χ4v) is 2.80. The molecule has 1 atom stereocenters. The van der Waals surface area contributed by atoms with Gasteiger partial charge in [-0.3, -0.25) is 10.2 Å². The lowest BCUT2D eigenvalue weighted by molar-refractivity contribution is -0.190. The lowest BCUT2D eigenvalue weighted by Crippen LogP contribution is -2.49. The second kappa shape index (κ2) is 7.33. The van der Waals surface area contributed by atoms with Gasteiger partial charge >= 0.3 is 6.18 Å². The van der Waals surface area contributed by atoms with Gasteiger partial charge in [-0.2, -0.15) is 13.2 Å². The van der Waals surface area contributed by atoms with Crippen LogP contribution in [0, 0.1) is 0 Å². The molecule has 1 aliphatic rings. The maximum Gasteiger partial charge on any atom is 0.405 e. The topological polar surface area (TPSA) is 32.3 Å². The highest BCUT2D eigenvalue weighted by atomic mass is 35.5. The zero-order chi connectivity index (χ0) is 16.2. The van der Waals surface area contributed by atoms with Crippen molar-refractivity contribution in [2.75, 3.05) is 6.54 Å². The molecule has 122 valence electrons. The van der Waals surface area contributed by atoms with Crippen LogP contribution in [0.1, 0.15) is 31.2 Å². The molecular formula is C15H18ClF3N2O. The van der Waals surface area contributed by atoms with Gasteiger partial charge in [0.15, 0.2) is 0 Å². The number of halogens is 4. The van der Waals surface area contributed by atoms with E-state index in [0.29, 0.717) is 24.3 Å². The summed E-state index contributed by atoms with van der Waals surface area (Å²) in [4.78, 5) is 11.1. The van der Waals surface area contributed by atoms with Crippen LogP contribution in [0.5, 0.6) is 0 Å². The zero-order valence-electron chi connectivity index (χ0n) is 12.0. The van der Waals surface area contributed by atoms with Gasteiger partial charge in [0.2, 0.25) is 5.91 Å². The first-order valence-corrected chi connectivity index (χ1v) is 7.61. The predicted molar refractivity (Wildman–Crippen MR) is 78.3 cm³/mol. The van der Waals surface area contributed by atoms with Crippen molar-refractivity contribution in [3.8, 4) is 0 Å². The largest absolute Gasteiger partial charge is 0.405 e. The molecule has 0 saturated carbocycles. The van der Waals surface area contributed by atoms with E-state index >= 15 is 0 Å². The Morgan fingerprint density at radius 1 is 1.32 bits per heavy atom. The average molecular weight is 335 g/mol. The van der Waals surface area contributed by atoms with Crippen molar-refractivity contribution in [3.05, 3.63) is 34.9 Å². The Bertz CT molecular complexity index is 522. The Morgan fingerprint density at radius 3 is 2.68 bits per heavy atom. The second-order valence-corrected chi connectivity index (χ2v) is 5.85. The van der Waals surface area contributed by atoms with E-state index < -0.39 is 12.2 Å². The summed E-state index contributed by atoms with van der Waals surface area (Å²) in [5, 5.41) is 1.65. The van der Waals surface area contributed by atoms with Crippen LogP contribution < -0.4 is 5.43 Å². The summed E-state index contributed by atoms with van der Waals surface area (Å²) in [7, 11) is 0. The molecule has 0 bridgehead atoms. The van der Waals surface area contributed by atoms with Crippen LogP contribution in [0.4, 0.5) is 13.2 Å². The van der Waals surface area contributed by atoms with E-state index in [4.69, 9.17) is 11.6 Å². The number of hydrazine groups is 1. The number of hydrogen-bond acceptors (Lipinski definition) is 2. The molecule has 1 aromatic rings. The van der Waals surface area contributed by atoms with Crippen molar-refractivity contribution in [3.63, 3.8) is 0 Å². The third-order valence-electron chi connectivity index (χ3n) is 3.68. The van der Waals surface area contributed by atoms with Gasteiger partial charge in [-0.15, -0.1) is 0 Å². The lowest BCUT2D eigenvalue weighted by atomic mass is 10.0. The highest BCUT2D eigenvalue weighted by Crippen LogP contribution is 2.29. The van der Waals surface area contributed by atoms with E-state index in [2.05, 4.69) is 5.43 Å². The van der Waals surface area contributed by atoms with Crippen LogP contribution in [0.25, 0.3) is 0 Å². The van der Waals surface area contributed by atoms with E-state index in [0.717, 1.165) is 10.6 Å². The molecule has 1 aliphatic heterocycles. The number of hydrogen-bond donors (Lipinski definition) is 1. The van der Waals surface area contributed by atoms with Crippen molar-refractivity contribution < 1.29 is 18.0 Å². The van der Waals surface area contributed by atoms with Crippen LogP contribution in [0.2, 0.25) is 5.02 Å². The van der Waals surface area contributed by atoms with Crippen molar-refractivity contribution >= 4 is 17.5 Å². The number of benzene rings is 1. The van der Waals surface area contributed by atoms with Crippen LogP contribution in [-0.2, 0) is 11.2 Å². The summed E-state index contributed by atoms with van der Waals surface area (Å²) < 4.78 is 39.3. The molecule has 3 nitrogen and oxygen atoms in total. The van der Waals surface area contributed by atoms with E-state index in [1.54, 1.807) is 6.07 Å². The number of alkyl halides is 3. The summed E-state index contributed by atoms with van der Waals surface area (Å²) in [6.45, 7) is 0.108. The molecule has 1 aromatic carbocycles. The third kappa shape index (κ3) is 4.88. The number of unbranched alkanes of at least 4 members (excludes halogenated alkanes) is 1. The summed E-state index contributed by atoms with van der Waals surface area (Å²) in [5.41, 5.74) is 3.30. The molecule has 1 N–H and O–H groups in total. The molecule has 0 aliphatic carbocycles. The fraction of sp³-hybridized carbons (Fsp3) is 0.533. The normalized spacial score (nSPS) is 17.5. The third-order valence-corrected chi connectivity index (χ3v) is 3.92. The number of rotatable bonds is 6. The number of aryl methyl sites for hydroxylation is 1. The molecule has 0 spiro atoms. The van der Waals surface area contributed by atoms with E-state index in [1.807, 2.05) is 18.2 Å². The van der Waals surface area contributed by atoms with Gasteiger partial charge in [0.05, 0.1) is 0 Å². The highest BCUT2D eigenvalue weighted by molar-refractivity contribution is 6.30. The van der Waals surface area contributed by atoms with Gasteiger partial charge in [-0.25, -0.2) is 5.01 Å². The number of carbonyl (C=O) groups excluding carboxylic acids is 1. The van der Waals surface area contributed by atoms with Crippen LogP contribution in [-0.4, -0.2) is 29.7 Å². The van der Waals surface area contributed by atoms with Gasteiger partial charge in [-0.1, -0.05) is 30.2 Å². The first-order chi connectivity index (χ1) is 10.4. The maximum atomic E-state index is 13.1. The molecule has 22 heavy (non-hydrogen) atoms. The quantitative estimate of drug-likeness (QED) is 0.804. The first-order valence-electron chi connectivity index (χ1n) is 7.23. The van der Waals surface area contributed by atoms with Gasteiger partial charge in [0, 0.05) is 18.0 Å². The van der Waals surface area contributed by atoms with E-state index in [9.17, 15) is 18.0 Å². The molecule has 1 fully saturated rings. The van der Waals surface area contributed by atoms with Gasteiger partial charge in [0.1, 0.15) is 6.04 Å². The molecule has 1 amide bonds.